The molecule has 2 aromatic rings. The molecule has 3 rings (SSSR count). The smallest absolute Gasteiger partial charge is 0.314 e. The Morgan fingerprint density at radius 1 is 1.00 bits per heavy atom. The minimum Gasteiger partial charge on any atom is -0.351 e. The molecule has 2 aromatic carbocycles. The van der Waals surface area contributed by atoms with Crippen molar-refractivity contribution in [1.82, 2.24) is 10.2 Å². The molecule has 26 heavy (non-hydrogen) atoms. The molecule has 1 heterocycles. The standard InChI is InChI=1S/C21H23N3O2/c22-21(26)24-13-11-19(12-14-24)23-20(25)10-9-16-5-4-8-18(15-16)17-6-2-1-3-7-17/h1-10,15,19H,11-14H2,(H2,22,26)(H,23,25). The molecule has 0 bridgehead atoms. The van der Waals surface area contributed by atoms with Crippen molar-refractivity contribution in [3.63, 3.8) is 0 Å². The zero-order valence-corrected chi connectivity index (χ0v) is 14.6. The number of hydrogen-bond acceptors (Lipinski definition) is 2. The lowest BCUT2D eigenvalue weighted by Gasteiger charge is -2.30. The van der Waals surface area contributed by atoms with Gasteiger partial charge >= 0.3 is 6.03 Å². The first kappa shape index (κ1) is 17.7. The molecule has 0 radical (unpaired) electrons. The van der Waals surface area contributed by atoms with E-state index in [9.17, 15) is 9.59 Å². The second kappa shape index (κ2) is 8.34. The van der Waals surface area contributed by atoms with Gasteiger partial charge in [-0.3, -0.25) is 4.79 Å². The number of nitrogens with two attached hydrogens (primary N) is 1. The Hall–Kier alpha value is -3.08. The molecule has 1 saturated heterocycles. The van der Waals surface area contributed by atoms with Crippen LogP contribution in [0.3, 0.4) is 0 Å². The van der Waals surface area contributed by atoms with E-state index in [-0.39, 0.29) is 11.9 Å². The lowest BCUT2D eigenvalue weighted by molar-refractivity contribution is -0.117. The highest BCUT2D eigenvalue weighted by atomic mass is 16.2. The van der Waals surface area contributed by atoms with Gasteiger partial charge in [-0.25, -0.2) is 4.79 Å². The van der Waals surface area contributed by atoms with E-state index in [0.29, 0.717) is 13.1 Å². The number of nitrogens with one attached hydrogen (secondary N) is 1. The molecule has 3 N–H and O–H groups in total. The molecule has 5 nitrogen and oxygen atoms in total. The van der Waals surface area contributed by atoms with Gasteiger partial charge in [0, 0.05) is 25.2 Å². The number of amides is 3. The van der Waals surface area contributed by atoms with E-state index >= 15 is 0 Å². The molecule has 1 fully saturated rings. The molecular formula is C21H23N3O2. The van der Waals surface area contributed by atoms with Crippen molar-refractivity contribution in [2.75, 3.05) is 13.1 Å². The van der Waals surface area contributed by atoms with E-state index in [1.807, 2.05) is 36.4 Å². The Morgan fingerprint density at radius 3 is 2.38 bits per heavy atom. The summed E-state index contributed by atoms with van der Waals surface area (Å²) in [5.74, 6) is -0.118. The molecule has 0 aliphatic carbocycles. The van der Waals surface area contributed by atoms with Crippen LogP contribution in [0.4, 0.5) is 4.79 Å². The summed E-state index contributed by atoms with van der Waals surface area (Å²) in [6, 6.07) is 17.9. The number of urea groups is 1. The highest BCUT2D eigenvalue weighted by molar-refractivity contribution is 5.92. The van der Waals surface area contributed by atoms with Crippen molar-refractivity contribution in [3.05, 3.63) is 66.2 Å². The zero-order chi connectivity index (χ0) is 18.4. The van der Waals surface area contributed by atoms with E-state index in [2.05, 4.69) is 29.6 Å². The highest BCUT2D eigenvalue weighted by Crippen LogP contribution is 2.20. The maximum Gasteiger partial charge on any atom is 0.314 e. The Labute approximate surface area is 153 Å². The number of likely N-dealkylation sites (tertiary alicyclic amines) is 1. The fraction of sp³-hybridized carbons (Fsp3) is 0.238. The third-order valence-electron chi connectivity index (χ3n) is 4.57. The summed E-state index contributed by atoms with van der Waals surface area (Å²) in [4.78, 5) is 24.9. The Morgan fingerprint density at radius 2 is 1.69 bits per heavy atom. The van der Waals surface area contributed by atoms with Crippen LogP contribution < -0.4 is 11.1 Å². The zero-order valence-electron chi connectivity index (χ0n) is 14.6. The van der Waals surface area contributed by atoms with Crippen LogP contribution in [0.15, 0.2) is 60.7 Å². The number of carbonyl (C=O) groups excluding carboxylic acids is 2. The van der Waals surface area contributed by atoms with Gasteiger partial charge in [0.2, 0.25) is 5.91 Å². The normalized spacial score (nSPS) is 15.2. The predicted molar refractivity (Wildman–Crippen MR) is 103 cm³/mol. The first-order valence-corrected chi connectivity index (χ1v) is 8.80. The summed E-state index contributed by atoms with van der Waals surface area (Å²) in [6.45, 7) is 1.17. The van der Waals surface area contributed by atoms with Crippen LogP contribution in [-0.4, -0.2) is 36.0 Å². The van der Waals surface area contributed by atoms with Gasteiger partial charge in [0.05, 0.1) is 0 Å². The third kappa shape index (κ3) is 4.72. The monoisotopic (exact) mass is 349 g/mol. The van der Waals surface area contributed by atoms with Crippen molar-refractivity contribution < 1.29 is 9.59 Å². The minimum atomic E-state index is -0.395. The van der Waals surface area contributed by atoms with Gasteiger partial charge in [-0.1, -0.05) is 48.5 Å². The lowest BCUT2D eigenvalue weighted by Crippen LogP contribution is -2.47. The van der Waals surface area contributed by atoms with Crippen molar-refractivity contribution in [3.8, 4) is 11.1 Å². The second-order valence-corrected chi connectivity index (χ2v) is 6.43. The number of nitrogens with zero attached hydrogens (tertiary/aromatic N) is 1. The van der Waals surface area contributed by atoms with Gasteiger partial charge in [0.25, 0.3) is 0 Å². The second-order valence-electron chi connectivity index (χ2n) is 6.43. The molecule has 0 aromatic heterocycles. The number of hydrogen-bond donors (Lipinski definition) is 2. The van der Waals surface area contributed by atoms with Crippen LogP contribution in [0.2, 0.25) is 0 Å². The topological polar surface area (TPSA) is 75.4 Å². The van der Waals surface area contributed by atoms with Crippen LogP contribution >= 0.6 is 0 Å². The van der Waals surface area contributed by atoms with E-state index in [0.717, 1.165) is 29.5 Å². The maximum absolute atomic E-state index is 12.2. The summed E-state index contributed by atoms with van der Waals surface area (Å²) < 4.78 is 0. The van der Waals surface area contributed by atoms with Gasteiger partial charge in [0.1, 0.15) is 0 Å². The molecule has 1 aliphatic heterocycles. The summed E-state index contributed by atoms with van der Waals surface area (Å²) in [7, 11) is 0. The maximum atomic E-state index is 12.2. The summed E-state index contributed by atoms with van der Waals surface area (Å²) in [6.07, 6.45) is 4.84. The van der Waals surface area contributed by atoms with Gasteiger partial charge in [-0.15, -0.1) is 0 Å². The predicted octanol–water partition coefficient (Wildman–Crippen LogP) is 3.03. The average Bonchev–Trinajstić information content (AvgIpc) is 2.68. The van der Waals surface area contributed by atoms with E-state index < -0.39 is 6.03 Å². The van der Waals surface area contributed by atoms with E-state index in [4.69, 9.17) is 5.73 Å². The highest BCUT2D eigenvalue weighted by Gasteiger charge is 2.21. The Balaban J connectivity index is 1.56. The van der Waals surface area contributed by atoms with Gasteiger partial charge in [0.15, 0.2) is 0 Å². The molecule has 134 valence electrons. The first-order valence-electron chi connectivity index (χ1n) is 8.80. The van der Waals surface area contributed by atoms with Gasteiger partial charge < -0.3 is 16.0 Å². The van der Waals surface area contributed by atoms with Crippen LogP contribution in [0.5, 0.6) is 0 Å². The largest absolute Gasteiger partial charge is 0.351 e. The van der Waals surface area contributed by atoms with Gasteiger partial charge in [-0.05, 0) is 41.7 Å². The molecule has 0 spiro atoms. The molecule has 1 aliphatic rings. The number of rotatable bonds is 4. The average molecular weight is 349 g/mol. The minimum absolute atomic E-state index is 0.0819. The van der Waals surface area contributed by atoms with Crippen LogP contribution in [0, 0.1) is 0 Å². The summed E-state index contributed by atoms with van der Waals surface area (Å²) in [5, 5.41) is 2.99. The van der Waals surface area contributed by atoms with Crippen LogP contribution in [-0.2, 0) is 4.79 Å². The van der Waals surface area contributed by atoms with Crippen molar-refractivity contribution in [2.45, 2.75) is 18.9 Å². The number of benzene rings is 2. The Bertz CT molecular complexity index is 794. The summed E-state index contributed by atoms with van der Waals surface area (Å²) in [5.41, 5.74) is 8.51. The summed E-state index contributed by atoms with van der Waals surface area (Å²) >= 11 is 0. The molecule has 0 atom stereocenters. The van der Waals surface area contributed by atoms with Crippen LogP contribution in [0.1, 0.15) is 18.4 Å². The quantitative estimate of drug-likeness (QED) is 0.833. The SMILES string of the molecule is NC(=O)N1CCC(NC(=O)C=Cc2cccc(-c3ccccc3)c2)CC1. The fourth-order valence-electron chi connectivity index (χ4n) is 3.12. The molecule has 3 amide bonds. The fourth-order valence-corrected chi connectivity index (χ4v) is 3.12. The van der Waals surface area contributed by atoms with Crippen LogP contribution in [0.25, 0.3) is 17.2 Å². The Kier molecular flexibility index (Phi) is 5.69. The molecular weight excluding hydrogens is 326 g/mol. The van der Waals surface area contributed by atoms with E-state index in [1.54, 1.807) is 11.0 Å². The number of carbonyl (C=O) groups is 2. The van der Waals surface area contributed by atoms with E-state index in [1.165, 1.54) is 0 Å². The third-order valence-corrected chi connectivity index (χ3v) is 4.57. The molecule has 0 unspecified atom stereocenters. The molecule has 5 heteroatoms. The van der Waals surface area contributed by atoms with Crippen molar-refractivity contribution in [1.29, 1.82) is 0 Å². The number of piperidine rings is 1. The van der Waals surface area contributed by atoms with Gasteiger partial charge in [-0.2, -0.15) is 0 Å². The lowest BCUT2D eigenvalue weighted by atomic mass is 10.0. The number of primary amides is 1. The first-order chi connectivity index (χ1) is 12.6. The molecule has 0 saturated carbocycles. The van der Waals surface area contributed by atoms with Crippen molar-refractivity contribution in [2.24, 2.45) is 5.73 Å². The van der Waals surface area contributed by atoms with Crippen molar-refractivity contribution >= 4 is 18.0 Å².